The first kappa shape index (κ1) is 15.3. The molecule has 1 aromatic carbocycles. The van der Waals surface area contributed by atoms with Gasteiger partial charge in [0.25, 0.3) is 0 Å². The van der Waals surface area contributed by atoms with Gasteiger partial charge in [-0.2, -0.15) is 0 Å². The molecule has 0 unspecified atom stereocenters. The van der Waals surface area contributed by atoms with Gasteiger partial charge in [-0.25, -0.2) is 4.79 Å². The Morgan fingerprint density at radius 2 is 1.90 bits per heavy atom. The van der Waals surface area contributed by atoms with Crippen LogP contribution in [0.2, 0.25) is 0 Å². The maximum atomic E-state index is 10.5. The van der Waals surface area contributed by atoms with Crippen LogP contribution in [0.1, 0.15) is 27.1 Å². The van der Waals surface area contributed by atoms with Crippen LogP contribution in [0.3, 0.4) is 0 Å². The van der Waals surface area contributed by atoms with E-state index < -0.39 is 5.97 Å². The highest BCUT2D eigenvalue weighted by molar-refractivity contribution is 7.10. The number of carboxylic acids is 1. The molecule has 1 aromatic heterocycles. The Morgan fingerprint density at radius 3 is 2.52 bits per heavy atom. The number of ether oxygens (including phenoxy) is 1. The van der Waals surface area contributed by atoms with Crippen molar-refractivity contribution in [3.05, 3.63) is 56.8 Å². The zero-order valence-corrected chi connectivity index (χ0v) is 13.2. The summed E-state index contributed by atoms with van der Waals surface area (Å²) in [6, 6.07) is 6.17. The smallest absolute Gasteiger partial charge is 0.328 e. The maximum Gasteiger partial charge on any atom is 0.328 e. The van der Waals surface area contributed by atoms with Gasteiger partial charge in [0.1, 0.15) is 12.4 Å². The lowest BCUT2D eigenvalue weighted by Crippen LogP contribution is -1.98. The second-order valence-corrected chi connectivity index (χ2v) is 6.03. The third-order valence-electron chi connectivity index (χ3n) is 3.06. The van der Waals surface area contributed by atoms with Crippen molar-refractivity contribution in [1.82, 2.24) is 0 Å². The van der Waals surface area contributed by atoms with Gasteiger partial charge in [-0.3, -0.25) is 0 Å². The molecule has 0 atom stereocenters. The lowest BCUT2D eigenvalue weighted by Gasteiger charge is -2.12. The van der Waals surface area contributed by atoms with Crippen molar-refractivity contribution in [3.8, 4) is 5.75 Å². The van der Waals surface area contributed by atoms with Gasteiger partial charge in [0.15, 0.2) is 0 Å². The Kier molecular flexibility index (Phi) is 4.81. The molecule has 3 nitrogen and oxygen atoms in total. The molecule has 0 radical (unpaired) electrons. The van der Waals surface area contributed by atoms with Gasteiger partial charge in [0, 0.05) is 11.0 Å². The first-order valence-electron chi connectivity index (χ1n) is 6.65. The molecular weight excluding hydrogens is 284 g/mol. The molecule has 2 aromatic rings. The second-order valence-electron chi connectivity index (χ2n) is 5.03. The number of aryl methyl sites for hydroxylation is 3. The number of rotatable bonds is 5. The summed E-state index contributed by atoms with van der Waals surface area (Å²) in [5, 5.41) is 10.5. The molecule has 1 heterocycles. The monoisotopic (exact) mass is 302 g/mol. The highest BCUT2D eigenvalue weighted by atomic mass is 32.1. The molecule has 0 saturated carbocycles. The van der Waals surface area contributed by atoms with E-state index >= 15 is 0 Å². The third-order valence-corrected chi connectivity index (χ3v) is 3.98. The van der Waals surface area contributed by atoms with Crippen molar-refractivity contribution < 1.29 is 14.6 Å². The van der Waals surface area contributed by atoms with Gasteiger partial charge in [-0.15, -0.1) is 11.3 Å². The molecule has 0 aliphatic heterocycles. The normalized spacial score (nSPS) is 11.0. The molecule has 0 fully saturated rings. The standard InChI is InChI=1S/C17H18O3S/c1-11-6-12(2)17(13(3)7-11)20-9-15-8-14(10-21-15)4-5-16(18)19/h4-8,10H,9H2,1-3H3,(H,18,19). The van der Waals surface area contributed by atoms with Crippen molar-refractivity contribution in [3.63, 3.8) is 0 Å². The molecule has 0 aliphatic rings. The van der Waals surface area contributed by atoms with Crippen LogP contribution in [-0.2, 0) is 11.4 Å². The van der Waals surface area contributed by atoms with E-state index in [4.69, 9.17) is 9.84 Å². The van der Waals surface area contributed by atoms with Crippen molar-refractivity contribution in [2.45, 2.75) is 27.4 Å². The van der Waals surface area contributed by atoms with Crippen molar-refractivity contribution >= 4 is 23.4 Å². The van der Waals surface area contributed by atoms with Crippen LogP contribution in [0, 0.1) is 20.8 Å². The lowest BCUT2D eigenvalue weighted by molar-refractivity contribution is -0.131. The minimum atomic E-state index is -0.940. The van der Waals surface area contributed by atoms with E-state index in [1.54, 1.807) is 17.4 Å². The highest BCUT2D eigenvalue weighted by Gasteiger charge is 2.06. The first-order chi connectivity index (χ1) is 9.95. The summed E-state index contributed by atoms with van der Waals surface area (Å²) in [5.41, 5.74) is 4.39. The second kappa shape index (κ2) is 6.59. The zero-order chi connectivity index (χ0) is 15.4. The Bertz CT molecular complexity index is 660. The molecular formula is C17H18O3S. The summed E-state index contributed by atoms with van der Waals surface area (Å²) in [7, 11) is 0. The maximum absolute atomic E-state index is 10.5. The summed E-state index contributed by atoms with van der Waals surface area (Å²) in [6.07, 6.45) is 2.73. The molecule has 110 valence electrons. The number of thiophene rings is 1. The molecule has 0 aliphatic carbocycles. The Labute approximate surface area is 128 Å². The largest absolute Gasteiger partial charge is 0.488 e. The number of carbonyl (C=O) groups is 1. The van der Waals surface area contributed by atoms with Crippen molar-refractivity contribution in [1.29, 1.82) is 0 Å². The van der Waals surface area contributed by atoms with Crippen LogP contribution in [0.5, 0.6) is 5.75 Å². The predicted octanol–water partition coefficient (Wildman–Crippen LogP) is 4.35. The average molecular weight is 302 g/mol. The first-order valence-corrected chi connectivity index (χ1v) is 7.52. The van der Waals surface area contributed by atoms with E-state index in [0.29, 0.717) is 6.61 Å². The number of benzene rings is 1. The summed E-state index contributed by atoms with van der Waals surface area (Å²) in [5.74, 6) is -0.0125. The number of hydrogen-bond donors (Lipinski definition) is 1. The van der Waals surface area contributed by atoms with Crippen LogP contribution in [0.4, 0.5) is 0 Å². The van der Waals surface area contributed by atoms with Crippen LogP contribution < -0.4 is 4.74 Å². The quantitative estimate of drug-likeness (QED) is 0.835. The highest BCUT2D eigenvalue weighted by Crippen LogP contribution is 2.26. The van der Waals surface area contributed by atoms with Crippen LogP contribution in [0.25, 0.3) is 6.08 Å². The van der Waals surface area contributed by atoms with E-state index in [9.17, 15) is 4.79 Å². The van der Waals surface area contributed by atoms with Crippen LogP contribution >= 0.6 is 11.3 Å². The van der Waals surface area contributed by atoms with E-state index in [2.05, 4.69) is 19.1 Å². The predicted molar refractivity (Wildman–Crippen MR) is 86.0 cm³/mol. The van der Waals surface area contributed by atoms with E-state index in [0.717, 1.165) is 33.4 Å². The van der Waals surface area contributed by atoms with E-state index in [1.165, 1.54) is 5.56 Å². The molecule has 21 heavy (non-hydrogen) atoms. The fourth-order valence-electron chi connectivity index (χ4n) is 2.27. The van der Waals surface area contributed by atoms with E-state index in [-0.39, 0.29) is 0 Å². The molecule has 2 rings (SSSR count). The SMILES string of the molecule is Cc1cc(C)c(OCc2cc(C=CC(=O)O)cs2)c(C)c1. The van der Waals surface area contributed by atoms with Gasteiger partial charge in [0.2, 0.25) is 0 Å². The van der Waals surface area contributed by atoms with Gasteiger partial charge in [-0.05, 0) is 55.0 Å². The number of aliphatic carboxylic acids is 1. The molecule has 0 bridgehead atoms. The molecule has 0 saturated heterocycles. The molecule has 1 N–H and O–H groups in total. The van der Waals surface area contributed by atoms with Crippen LogP contribution in [0.15, 0.2) is 29.7 Å². The summed E-state index contributed by atoms with van der Waals surface area (Å²) in [6.45, 7) is 6.66. The van der Waals surface area contributed by atoms with Gasteiger partial charge in [0.05, 0.1) is 0 Å². The van der Waals surface area contributed by atoms with Crippen LogP contribution in [-0.4, -0.2) is 11.1 Å². The fraction of sp³-hybridized carbons (Fsp3) is 0.235. The Morgan fingerprint density at radius 1 is 1.24 bits per heavy atom. The minimum Gasteiger partial charge on any atom is -0.488 e. The Balaban J connectivity index is 2.05. The summed E-state index contributed by atoms with van der Waals surface area (Å²) < 4.78 is 5.92. The van der Waals surface area contributed by atoms with Crippen molar-refractivity contribution in [2.75, 3.05) is 0 Å². The number of carboxylic acid groups (broad SMARTS) is 1. The third kappa shape index (κ3) is 4.20. The topological polar surface area (TPSA) is 46.5 Å². The Hall–Kier alpha value is -2.07. The van der Waals surface area contributed by atoms with Gasteiger partial charge >= 0.3 is 5.97 Å². The minimum absolute atomic E-state index is 0.496. The molecule has 4 heteroatoms. The van der Waals surface area contributed by atoms with Gasteiger partial charge < -0.3 is 9.84 Å². The molecule has 0 amide bonds. The summed E-state index contributed by atoms with van der Waals surface area (Å²) >= 11 is 1.57. The van der Waals surface area contributed by atoms with Crippen molar-refractivity contribution in [2.24, 2.45) is 0 Å². The lowest BCUT2D eigenvalue weighted by atomic mass is 10.1. The number of hydrogen-bond acceptors (Lipinski definition) is 3. The molecule has 0 spiro atoms. The van der Waals surface area contributed by atoms with E-state index in [1.807, 2.05) is 25.3 Å². The average Bonchev–Trinajstić information content (AvgIpc) is 2.83. The fourth-order valence-corrected chi connectivity index (χ4v) is 3.03. The zero-order valence-electron chi connectivity index (χ0n) is 12.3. The van der Waals surface area contributed by atoms with Gasteiger partial charge in [-0.1, -0.05) is 17.7 Å². The summed E-state index contributed by atoms with van der Waals surface area (Å²) in [4.78, 5) is 11.6.